The Morgan fingerprint density at radius 1 is 0.800 bits per heavy atom. The van der Waals surface area contributed by atoms with E-state index in [2.05, 4.69) is 0 Å². The molecule has 3 N–H and O–H groups in total. The number of hydrogen-bond acceptors (Lipinski definition) is 3. The monoisotopic (exact) mass is 216 g/mol. The van der Waals surface area contributed by atoms with Gasteiger partial charge in [0.05, 0.1) is 17.3 Å². The molecule has 0 aliphatic heterocycles. The van der Waals surface area contributed by atoms with Gasteiger partial charge in [-0.15, -0.1) is 0 Å². The fraction of sp³-hybridized carbons (Fsp3) is 1.00. The lowest BCUT2D eigenvalue weighted by Gasteiger charge is -2.42. The number of aliphatic hydroxyl groups is 3. The van der Waals surface area contributed by atoms with E-state index >= 15 is 0 Å². The smallest absolute Gasteiger partial charge is 0.0620 e. The first kappa shape index (κ1) is 12.9. The van der Waals surface area contributed by atoms with Crippen molar-refractivity contribution in [1.29, 1.82) is 0 Å². The predicted octanol–water partition coefficient (Wildman–Crippen LogP) is 1.31. The minimum Gasteiger partial charge on any atom is -0.393 e. The van der Waals surface area contributed by atoms with Crippen molar-refractivity contribution in [1.82, 2.24) is 0 Å². The highest BCUT2D eigenvalue weighted by Gasteiger charge is 2.40. The van der Waals surface area contributed by atoms with Crippen LogP contribution >= 0.6 is 0 Å². The van der Waals surface area contributed by atoms with Gasteiger partial charge in [0.2, 0.25) is 0 Å². The van der Waals surface area contributed by atoms with E-state index in [4.69, 9.17) is 0 Å². The summed E-state index contributed by atoms with van der Waals surface area (Å²) in [7, 11) is 0. The lowest BCUT2D eigenvalue weighted by atomic mass is 9.68. The highest BCUT2D eigenvalue weighted by Crippen LogP contribution is 2.40. The van der Waals surface area contributed by atoms with E-state index in [1.807, 2.05) is 0 Å². The van der Waals surface area contributed by atoms with Gasteiger partial charge < -0.3 is 15.3 Å². The average molecular weight is 216 g/mol. The molecular formula is C12H24O3. The van der Waals surface area contributed by atoms with Gasteiger partial charge in [0.15, 0.2) is 0 Å². The molecule has 3 atom stereocenters. The summed E-state index contributed by atoms with van der Waals surface area (Å²) in [5.41, 5.74) is -1.55. The molecule has 15 heavy (non-hydrogen) atoms. The standard InChI is InChI=1S/C12H24O3/c1-11(2,14)8-5-9(12(3,4)15)7-10(13)6-8/h8-10,13-15H,5-7H2,1-4H3/t8-,9+,10-. The second-order valence-electron chi connectivity index (χ2n) is 6.06. The van der Waals surface area contributed by atoms with Crippen molar-refractivity contribution in [3.05, 3.63) is 0 Å². The molecule has 0 radical (unpaired) electrons. The SMILES string of the molecule is CC(C)(O)[C@@H]1C[C@H](O)C[C@H](C(C)(C)O)C1. The van der Waals surface area contributed by atoms with Gasteiger partial charge >= 0.3 is 0 Å². The zero-order valence-electron chi connectivity index (χ0n) is 10.2. The van der Waals surface area contributed by atoms with Gasteiger partial charge in [-0.1, -0.05) is 0 Å². The molecule has 0 aromatic heterocycles. The van der Waals surface area contributed by atoms with E-state index in [-0.39, 0.29) is 11.8 Å². The average Bonchev–Trinajstić information content (AvgIpc) is 1.99. The van der Waals surface area contributed by atoms with Crippen LogP contribution in [0.2, 0.25) is 0 Å². The van der Waals surface area contributed by atoms with E-state index in [0.717, 1.165) is 6.42 Å². The van der Waals surface area contributed by atoms with Crippen molar-refractivity contribution in [2.45, 2.75) is 64.3 Å². The van der Waals surface area contributed by atoms with Gasteiger partial charge in [0.1, 0.15) is 0 Å². The first-order chi connectivity index (χ1) is 6.60. The molecule has 3 nitrogen and oxygen atoms in total. The second-order valence-corrected chi connectivity index (χ2v) is 6.06. The third-order valence-electron chi connectivity index (χ3n) is 3.68. The summed E-state index contributed by atoms with van der Waals surface area (Å²) in [6.45, 7) is 7.10. The van der Waals surface area contributed by atoms with E-state index in [1.165, 1.54) is 0 Å². The number of aliphatic hydroxyl groups excluding tert-OH is 1. The largest absolute Gasteiger partial charge is 0.393 e. The van der Waals surface area contributed by atoms with Crippen LogP contribution in [0.4, 0.5) is 0 Å². The maximum Gasteiger partial charge on any atom is 0.0620 e. The lowest BCUT2D eigenvalue weighted by molar-refractivity contribution is -0.0872. The Morgan fingerprint density at radius 2 is 1.13 bits per heavy atom. The normalized spacial score (nSPS) is 34.2. The van der Waals surface area contributed by atoms with Crippen LogP contribution in [-0.2, 0) is 0 Å². The molecule has 1 fully saturated rings. The van der Waals surface area contributed by atoms with Gasteiger partial charge in [0, 0.05) is 0 Å². The third-order valence-corrected chi connectivity index (χ3v) is 3.68. The van der Waals surface area contributed by atoms with Crippen molar-refractivity contribution in [2.24, 2.45) is 11.8 Å². The molecule has 0 unspecified atom stereocenters. The molecule has 0 aromatic rings. The van der Waals surface area contributed by atoms with Crippen LogP contribution < -0.4 is 0 Å². The molecule has 0 heterocycles. The Balaban J connectivity index is 2.73. The Hall–Kier alpha value is -0.120. The molecule has 0 amide bonds. The van der Waals surface area contributed by atoms with Crippen molar-refractivity contribution in [2.75, 3.05) is 0 Å². The summed E-state index contributed by atoms with van der Waals surface area (Å²) in [6, 6.07) is 0. The van der Waals surface area contributed by atoms with Crippen molar-refractivity contribution in [3.8, 4) is 0 Å². The molecule has 3 heteroatoms. The summed E-state index contributed by atoms with van der Waals surface area (Å²) >= 11 is 0. The molecule has 0 aromatic carbocycles. The minimum absolute atomic E-state index is 0.0673. The summed E-state index contributed by atoms with van der Waals surface area (Å²) in [4.78, 5) is 0. The van der Waals surface area contributed by atoms with Crippen LogP contribution in [0.25, 0.3) is 0 Å². The van der Waals surface area contributed by atoms with Gasteiger partial charge in [-0.3, -0.25) is 0 Å². The minimum atomic E-state index is -0.773. The molecule has 0 saturated heterocycles. The van der Waals surface area contributed by atoms with Crippen LogP contribution in [0, 0.1) is 11.8 Å². The zero-order chi connectivity index (χ0) is 11.9. The van der Waals surface area contributed by atoms with Crippen molar-refractivity contribution >= 4 is 0 Å². The molecule has 90 valence electrons. The summed E-state index contributed by atoms with van der Waals surface area (Å²) in [6.07, 6.45) is 1.66. The summed E-state index contributed by atoms with van der Waals surface area (Å²) in [5, 5.41) is 29.7. The molecule has 0 bridgehead atoms. The van der Waals surface area contributed by atoms with Crippen molar-refractivity contribution < 1.29 is 15.3 Å². The maximum absolute atomic E-state index is 9.95. The summed E-state index contributed by atoms with van der Waals surface area (Å²) < 4.78 is 0. The van der Waals surface area contributed by atoms with Gasteiger partial charge in [-0.05, 0) is 58.8 Å². The first-order valence-corrected chi connectivity index (χ1v) is 5.73. The predicted molar refractivity (Wildman–Crippen MR) is 59.4 cm³/mol. The van der Waals surface area contributed by atoms with E-state index in [1.54, 1.807) is 27.7 Å². The Bertz CT molecular complexity index is 190. The molecule has 1 aliphatic carbocycles. The zero-order valence-corrected chi connectivity index (χ0v) is 10.2. The van der Waals surface area contributed by atoms with Crippen LogP contribution in [0.5, 0.6) is 0 Å². The molecule has 0 spiro atoms. The number of hydrogen-bond donors (Lipinski definition) is 3. The molecule has 1 saturated carbocycles. The topological polar surface area (TPSA) is 60.7 Å². The van der Waals surface area contributed by atoms with Crippen LogP contribution in [-0.4, -0.2) is 32.6 Å². The maximum atomic E-state index is 9.95. The molecule has 1 rings (SSSR count). The second kappa shape index (κ2) is 4.04. The van der Waals surface area contributed by atoms with Gasteiger partial charge in [-0.25, -0.2) is 0 Å². The fourth-order valence-corrected chi connectivity index (χ4v) is 2.44. The van der Waals surface area contributed by atoms with E-state index in [0.29, 0.717) is 12.8 Å². The Kier molecular flexibility index (Phi) is 3.49. The molecule has 1 aliphatic rings. The fourth-order valence-electron chi connectivity index (χ4n) is 2.44. The highest BCUT2D eigenvalue weighted by atomic mass is 16.3. The van der Waals surface area contributed by atoms with Crippen LogP contribution in [0.15, 0.2) is 0 Å². The molecular weight excluding hydrogens is 192 g/mol. The van der Waals surface area contributed by atoms with Crippen LogP contribution in [0.1, 0.15) is 47.0 Å². The van der Waals surface area contributed by atoms with Crippen molar-refractivity contribution in [3.63, 3.8) is 0 Å². The lowest BCUT2D eigenvalue weighted by Crippen LogP contribution is -2.45. The van der Waals surface area contributed by atoms with E-state index in [9.17, 15) is 15.3 Å². The van der Waals surface area contributed by atoms with Gasteiger partial charge in [-0.2, -0.15) is 0 Å². The van der Waals surface area contributed by atoms with E-state index < -0.39 is 17.3 Å². The highest BCUT2D eigenvalue weighted by molar-refractivity contribution is 4.92. The first-order valence-electron chi connectivity index (χ1n) is 5.73. The third kappa shape index (κ3) is 3.44. The Morgan fingerprint density at radius 3 is 1.40 bits per heavy atom. The summed E-state index contributed by atoms with van der Waals surface area (Å²) in [5.74, 6) is 0.135. The van der Waals surface area contributed by atoms with Crippen LogP contribution in [0.3, 0.4) is 0 Å². The Labute approximate surface area is 92.1 Å². The number of rotatable bonds is 2. The van der Waals surface area contributed by atoms with Gasteiger partial charge in [0.25, 0.3) is 0 Å². The quantitative estimate of drug-likeness (QED) is 0.652.